The second-order valence-corrected chi connectivity index (χ2v) is 4.80. The van der Waals surface area contributed by atoms with Gasteiger partial charge in [0.05, 0.1) is 17.5 Å². The van der Waals surface area contributed by atoms with E-state index >= 15 is 0 Å². The van der Waals surface area contributed by atoms with Gasteiger partial charge in [0.1, 0.15) is 0 Å². The Hall–Kier alpha value is -1.29. The molecule has 0 saturated carbocycles. The number of nitrogens with zero attached hydrogens (tertiary/aromatic N) is 2. The van der Waals surface area contributed by atoms with E-state index in [1.54, 1.807) is 0 Å². The predicted molar refractivity (Wildman–Crippen MR) is 68.7 cm³/mol. The number of aromatic nitrogens is 2. The standard InChI is InChI=1S/C14H20N2O2/c1-3-13-12(9-10(2)15-16-13)14(17)7-6-11-5-4-8-18-11/h9,11H,3-8H2,1-2H3. The largest absolute Gasteiger partial charge is 0.378 e. The highest BCUT2D eigenvalue weighted by Gasteiger charge is 2.19. The van der Waals surface area contributed by atoms with E-state index in [0.29, 0.717) is 6.42 Å². The van der Waals surface area contributed by atoms with Gasteiger partial charge in [-0.25, -0.2) is 0 Å². The highest BCUT2D eigenvalue weighted by atomic mass is 16.5. The quantitative estimate of drug-likeness (QED) is 0.751. The van der Waals surface area contributed by atoms with Gasteiger partial charge >= 0.3 is 0 Å². The van der Waals surface area contributed by atoms with E-state index in [1.807, 2.05) is 19.9 Å². The topological polar surface area (TPSA) is 52.1 Å². The molecule has 0 aromatic carbocycles. The summed E-state index contributed by atoms with van der Waals surface area (Å²) in [5, 5.41) is 8.10. The molecule has 1 aromatic rings. The van der Waals surface area contributed by atoms with Gasteiger partial charge in [-0.05, 0) is 38.7 Å². The van der Waals surface area contributed by atoms with Gasteiger partial charge in [0.2, 0.25) is 0 Å². The average Bonchev–Trinajstić information content (AvgIpc) is 2.89. The number of aryl methyl sites for hydroxylation is 2. The van der Waals surface area contributed by atoms with Gasteiger partial charge < -0.3 is 4.74 Å². The summed E-state index contributed by atoms with van der Waals surface area (Å²) in [5.41, 5.74) is 2.34. The molecular formula is C14H20N2O2. The predicted octanol–water partition coefficient (Wildman–Crippen LogP) is 2.49. The molecule has 0 amide bonds. The fraction of sp³-hybridized carbons (Fsp3) is 0.643. The summed E-state index contributed by atoms with van der Waals surface area (Å²) in [7, 11) is 0. The van der Waals surface area contributed by atoms with Crippen LogP contribution >= 0.6 is 0 Å². The zero-order valence-electron chi connectivity index (χ0n) is 11.1. The molecule has 2 heterocycles. The zero-order chi connectivity index (χ0) is 13.0. The molecule has 1 fully saturated rings. The average molecular weight is 248 g/mol. The van der Waals surface area contributed by atoms with Crippen LogP contribution in [0.25, 0.3) is 0 Å². The lowest BCUT2D eigenvalue weighted by molar-refractivity contribution is 0.0858. The summed E-state index contributed by atoms with van der Waals surface area (Å²) < 4.78 is 5.54. The number of hydrogen-bond acceptors (Lipinski definition) is 4. The molecule has 1 saturated heterocycles. The lowest BCUT2D eigenvalue weighted by Crippen LogP contribution is -2.12. The Morgan fingerprint density at radius 1 is 1.50 bits per heavy atom. The SMILES string of the molecule is CCc1nnc(C)cc1C(=O)CCC1CCCO1. The summed E-state index contributed by atoms with van der Waals surface area (Å²) in [6.45, 7) is 4.70. The van der Waals surface area contributed by atoms with Crippen LogP contribution in [0.1, 0.15) is 54.4 Å². The molecule has 0 bridgehead atoms. The first-order chi connectivity index (χ1) is 8.70. The molecule has 18 heavy (non-hydrogen) atoms. The number of ether oxygens (including phenoxy) is 1. The first kappa shape index (κ1) is 13.1. The molecule has 0 spiro atoms. The van der Waals surface area contributed by atoms with E-state index in [0.717, 1.165) is 49.2 Å². The van der Waals surface area contributed by atoms with Crippen LogP contribution in [-0.4, -0.2) is 28.7 Å². The van der Waals surface area contributed by atoms with Crippen LogP contribution in [0.2, 0.25) is 0 Å². The monoisotopic (exact) mass is 248 g/mol. The van der Waals surface area contributed by atoms with Gasteiger partial charge in [-0.3, -0.25) is 4.79 Å². The van der Waals surface area contributed by atoms with Gasteiger partial charge in [-0.15, -0.1) is 0 Å². The third-order valence-corrected chi connectivity index (χ3v) is 3.35. The minimum atomic E-state index is 0.167. The highest BCUT2D eigenvalue weighted by molar-refractivity contribution is 5.97. The van der Waals surface area contributed by atoms with Crippen LogP contribution in [-0.2, 0) is 11.2 Å². The summed E-state index contributed by atoms with van der Waals surface area (Å²) >= 11 is 0. The van der Waals surface area contributed by atoms with Crippen LogP contribution in [0.5, 0.6) is 0 Å². The molecule has 0 N–H and O–H groups in total. The Morgan fingerprint density at radius 3 is 3.00 bits per heavy atom. The Labute approximate surface area is 108 Å². The zero-order valence-corrected chi connectivity index (χ0v) is 11.1. The first-order valence-electron chi connectivity index (χ1n) is 6.68. The van der Waals surface area contributed by atoms with E-state index in [9.17, 15) is 4.79 Å². The molecule has 1 aromatic heterocycles. The number of Topliss-reactive ketones (excluding diaryl/α,β-unsaturated/α-hetero) is 1. The van der Waals surface area contributed by atoms with Gasteiger partial charge in [0.15, 0.2) is 5.78 Å². The molecule has 1 aliphatic heterocycles. The summed E-state index contributed by atoms with van der Waals surface area (Å²) in [5.74, 6) is 0.167. The summed E-state index contributed by atoms with van der Waals surface area (Å²) in [4.78, 5) is 12.2. The van der Waals surface area contributed by atoms with Crippen LogP contribution in [0.3, 0.4) is 0 Å². The minimum absolute atomic E-state index is 0.167. The smallest absolute Gasteiger partial charge is 0.164 e. The third kappa shape index (κ3) is 3.13. The van der Waals surface area contributed by atoms with E-state index in [1.165, 1.54) is 0 Å². The van der Waals surface area contributed by atoms with Gasteiger partial charge in [0, 0.05) is 18.6 Å². The van der Waals surface area contributed by atoms with Gasteiger partial charge in [0.25, 0.3) is 0 Å². The number of carbonyl (C=O) groups is 1. The second-order valence-electron chi connectivity index (χ2n) is 4.80. The van der Waals surface area contributed by atoms with Gasteiger partial charge in [-0.1, -0.05) is 6.92 Å². The summed E-state index contributed by atoms with van der Waals surface area (Å²) in [6.07, 6.45) is 4.59. The molecule has 2 rings (SSSR count). The molecule has 1 atom stereocenters. The Bertz CT molecular complexity index is 426. The molecule has 98 valence electrons. The van der Waals surface area contributed by atoms with Crippen LogP contribution in [0.4, 0.5) is 0 Å². The fourth-order valence-corrected chi connectivity index (χ4v) is 2.32. The number of hydrogen-bond donors (Lipinski definition) is 0. The number of ketones is 1. The molecule has 1 aliphatic rings. The lowest BCUT2D eigenvalue weighted by Gasteiger charge is -2.09. The first-order valence-corrected chi connectivity index (χ1v) is 6.68. The number of rotatable bonds is 5. The minimum Gasteiger partial charge on any atom is -0.378 e. The highest BCUT2D eigenvalue weighted by Crippen LogP contribution is 2.19. The Balaban J connectivity index is 2.00. The second kappa shape index (κ2) is 6.05. The van der Waals surface area contributed by atoms with Gasteiger partial charge in [-0.2, -0.15) is 10.2 Å². The fourth-order valence-electron chi connectivity index (χ4n) is 2.32. The van der Waals surface area contributed by atoms with E-state index in [-0.39, 0.29) is 11.9 Å². The summed E-state index contributed by atoms with van der Waals surface area (Å²) in [6, 6.07) is 1.85. The van der Waals surface area contributed by atoms with Crippen molar-refractivity contribution < 1.29 is 9.53 Å². The molecule has 1 unspecified atom stereocenters. The van der Waals surface area contributed by atoms with Crippen molar-refractivity contribution in [1.29, 1.82) is 0 Å². The normalized spacial score (nSPS) is 19.1. The van der Waals surface area contributed by atoms with Crippen LogP contribution < -0.4 is 0 Å². The van der Waals surface area contributed by atoms with E-state index < -0.39 is 0 Å². The van der Waals surface area contributed by atoms with Crippen LogP contribution in [0.15, 0.2) is 6.07 Å². The van der Waals surface area contributed by atoms with E-state index in [2.05, 4.69) is 10.2 Å². The van der Waals surface area contributed by atoms with Crippen molar-refractivity contribution in [3.8, 4) is 0 Å². The van der Waals surface area contributed by atoms with Crippen molar-refractivity contribution in [2.24, 2.45) is 0 Å². The van der Waals surface area contributed by atoms with Crippen molar-refractivity contribution in [2.75, 3.05) is 6.61 Å². The van der Waals surface area contributed by atoms with Crippen molar-refractivity contribution in [2.45, 2.75) is 52.1 Å². The molecule has 0 aliphatic carbocycles. The number of carbonyl (C=O) groups excluding carboxylic acids is 1. The van der Waals surface area contributed by atoms with Crippen molar-refractivity contribution in [3.63, 3.8) is 0 Å². The van der Waals surface area contributed by atoms with Crippen LogP contribution in [0, 0.1) is 6.92 Å². The third-order valence-electron chi connectivity index (χ3n) is 3.35. The molecule has 4 nitrogen and oxygen atoms in total. The van der Waals surface area contributed by atoms with Crippen molar-refractivity contribution in [1.82, 2.24) is 10.2 Å². The maximum atomic E-state index is 12.2. The molecule has 4 heteroatoms. The van der Waals surface area contributed by atoms with Crippen molar-refractivity contribution in [3.05, 3.63) is 23.0 Å². The van der Waals surface area contributed by atoms with Crippen molar-refractivity contribution >= 4 is 5.78 Å². The lowest BCUT2D eigenvalue weighted by atomic mass is 10.0. The Morgan fingerprint density at radius 2 is 2.33 bits per heavy atom. The molecular weight excluding hydrogens is 228 g/mol. The molecule has 0 radical (unpaired) electrons. The maximum Gasteiger partial charge on any atom is 0.164 e. The van der Waals surface area contributed by atoms with E-state index in [4.69, 9.17) is 4.74 Å². The Kier molecular flexibility index (Phi) is 4.42. The maximum absolute atomic E-state index is 12.2.